The molecule has 2 rings (SSSR count). The third-order valence-corrected chi connectivity index (χ3v) is 1.88. The molecule has 0 unspecified atom stereocenters. The van der Waals surface area contributed by atoms with Crippen LogP contribution in [-0.2, 0) is 0 Å². The number of aromatic nitrogens is 2. The molecule has 2 aromatic rings. The summed E-state index contributed by atoms with van der Waals surface area (Å²) in [5.41, 5.74) is 8.29. The molecule has 0 aliphatic heterocycles. The molecular formula is C9H9N3O. The van der Waals surface area contributed by atoms with E-state index in [0.717, 1.165) is 11.1 Å². The van der Waals surface area contributed by atoms with Crippen molar-refractivity contribution in [3.8, 4) is 11.5 Å². The summed E-state index contributed by atoms with van der Waals surface area (Å²) in [6, 6.07) is 5.66. The lowest BCUT2D eigenvalue weighted by Crippen LogP contribution is -1.92. The molecule has 66 valence electrons. The van der Waals surface area contributed by atoms with Gasteiger partial charge in [-0.15, -0.1) is 10.2 Å². The smallest absolute Gasteiger partial charge is 0.249 e. The molecule has 1 aromatic heterocycles. The molecule has 0 amide bonds. The lowest BCUT2D eigenvalue weighted by molar-refractivity contribution is 0.568. The highest BCUT2D eigenvalue weighted by atomic mass is 16.4. The average molecular weight is 175 g/mol. The van der Waals surface area contributed by atoms with Gasteiger partial charge < -0.3 is 10.2 Å². The van der Waals surface area contributed by atoms with Gasteiger partial charge in [0.15, 0.2) is 0 Å². The number of rotatable bonds is 1. The third kappa shape index (κ3) is 1.26. The Labute approximate surface area is 75.4 Å². The first-order valence-corrected chi connectivity index (χ1v) is 3.90. The van der Waals surface area contributed by atoms with Crippen LogP contribution in [0.5, 0.6) is 0 Å². The largest absolute Gasteiger partial charge is 0.423 e. The predicted octanol–water partition coefficient (Wildman–Crippen LogP) is 1.63. The highest BCUT2D eigenvalue weighted by Crippen LogP contribution is 2.26. The summed E-state index contributed by atoms with van der Waals surface area (Å²) in [5, 5.41) is 7.42. The Morgan fingerprint density at radius 2 is 2.23 bits per heavy atom. The monoisotopic (exact) mass is 175 g/mol. The van der Waals surface area contributed by atoms with Gasteiger partial charge in [0.05, 0.1) is 5.56 Å². The quantitative estimate of drug-likeness (QED) is 0.669. The van der Waals surface area contributed by atoms with E-state index in [4.69, 9.17) is 10.2 Å². The maximum Gasteiger partial charge on any atom is 0.249 e. The van der Waals surface area contributed by atoms with Gasteiger partial charge in [0.2, 0.25) is 12.3 Å². The number of aryl methyl sites for hydroxylation is 1. The van der Waals surface area contributed by atoms with Gasteiger partial charge in [-0.25, -0.2) is 0 Å². The number of benzene rings is 1. The Balaban J connectivity index is 2.64. The van der Waals surface area contributed by atoms with Crippen LogP contribution >= 0.6 is 0 Å². The number of nitrogens with zero attached hydrogens (tertiary/aromatic N) is 2. The van der Waals surface area contributed by atoms with Gasteiger partial charge in [-0.05, 0) is 18.6 Å². The molecule has 0 atom stereocenters. The zero-order valence-corrected chi connectivity index (χ0v) is 7.19. The second kappa shape index (κ2) is 2.90. The van der Waals surface area contributed by atoms with E-state index in [0.29, 0.717) is 11.6 Å². The van der Waals surface area contributed by atoms with E-state index in [-0.39, 0.29) is 0 Å². The van der Waals surface area contributed by atoms with Gasteiger partial charge in [-0.2, -0.15) is 0 Å². The summed E-state index contributed by atoms with van der Waals surface area (Å²) in [7, 11) is 0. The van der Waals surface area contributed by atoms with Crippen LogP contribution < -0.4 is 5.73 Å². The second-order valence-electron chi connectivity index (χ2n) is 2.78. The fourth-order valence-corrected chi connectivity index (χ4v) is 1.26. The third-order valence-electron chi connectivity index (χ3n) is 1.88. The second-order valence-corrected chi connectivity index (χ2v) is 2.78. The lowest BCUT2D eigenvalue weighted by atomic mass is 10.1. The number of hydrogen-bond acceptors (Lipinski definition) is 4. The summed E-state index contributed by atoms with van der Waals surface area (Å²) >= 11 is 0. The van der Waals surface area contributed by atoms with Gasteiger partial charge in [0.1, 0.15) is 0 Å². The van der Waals surface area contributed by atoms with E-state index < -0.39 is 0 Å². The van der Waals surface area contributed by atoms with Crippen LogP contribution in [0.3, 0.4) is 0 Å². The molecule has 1 aromatic carbocycles. The van der Waals surface area contributed by atoms with Crippen molar-refractivity contribution in [3.63, 3.8) is 0 Å². The first kappa shape index (κ1) is 7.79. The molecule has 13 heavy (non-hydrogen) atoms. The molecule has 4 heteroatoms. The van der Waals surface area contributed by atoms with Gasteiger partial charge >= 0.3 is 0 Å². The van der Waals surface area contributed by atoms with E-state index in [1.807, 2.05) is 25.1 Å². The van der Waals surface area contributed by atoms with Crippen LogP contribution in [-0.4, -0.2) is 10.2 Å². The van der Waals surface area contributed by atoms with Crippen molar-refractivity contribution >= 4 is 5.69 Å². The van der Waals surface area contributed by atoms with Crippen LogP contribution in [0, 0.1) is 6.92 Å². The fourth-order valence-electron chi connectivity index (χ4n) is 1.26. The van der Waals surface area contributed by atoms with Gasteiger partial charge in [0.25, 0.3) is 0 Å². The summed E-state index contributed by atoms with van der Waals surface area (Å²) in [6.07, 6.45) is 1.29. The number of anilines is 1. The molecule has 0 aliphatic rings. The van der Waals surface area contributed by atoms with E-state index in [1.54, 1.807) is 0 Å². The number of nitrogens with two attached hydrogens (primary N) is 1. The van der Waals surface area contributed by atoms with E-state index in [1.165, 1.54) is 6.39 Å². The van der Waals surface area contributed by atoms with Crippen molar-refractivity contribution in [3.05, 3.63) is 30.2 Å². The minimum absolute atomic E-state index is 0.468. The van der Waals surface area contributed by atoms with Crippen molar-refractivity contribution in [2.24, 2.45) is 0 Å². The lowest BCUT2D eigenvalue weighted by Gasteiger charge is -2.03. The average Bonchev–Trinajstić information content (AvgIpc) is 2.57. The number of nitrogen functional groups attached to an aromatic ring is 1. The van der Waals surface area contributed by atoms with Crippen LogP contribution in [0.15, 0.2) is 29.0 Å². The number of hydrogen-bond donors (Lipinski definition) is 1. The van der Waals surface area contributed by atoms with Gasteiger partial charge in [-0.3, -0.25) is 0 Å². The normalized spacial score (nSPS) is 10.2. The van der Waals surface area contributed by atoms with Crippen molar-refractivity contribution in [1.82, 2.24) is 10.2 Å². The molecule has 1 heterocycles. The van der Waals surface area contributed by atoms with Crippen molar-refractivity contribution in [1.29, 1.82) is 0 Å². The van der Waals surface area contributed by atoms with Gasteiger partial charge in [-0.1, -0.05) is 12.1 Å². The molecule has 0 fully saturated rings. The zero-order valence-electron chi connectivity index (χ0n) is 7.19. The molecule has 0 radical (unpaired) electrons. The molecule has 0 bridgehead atoms. The Morgan fingerprint density at radius 3 is 2.85 bits per heavy atom. The molecular weight excluding hydrogens is 166 g/mol. The first-order chi connectivity index (χ1) is 6.29. The molecule has 0 spiro atoms. The topological polar surface area (TPSA) is 64.9 Å². The minimum atomic E-state index is 0.468. The maximum atomic E-state index is 5.78. The fraction of sp³-hybridized carbons (Fsp3) is 0.111. The van der Waals surface area contributed by atoms with Gasteiger partial charge in [0, 0.05) is 5.69 Å². The van der Waals surface area contributed by atoms with E-state index in [9.17, 15) is 0 Å². The molecule has 0 aliphatic carbocycles. The highest BCUT2D eigenvalue weighted by Gasteiger charge is 2.09. The Bertz CT molecular complexity index is 389. The molecule has 4 nitrogen and oxygen atoms in total. The molecule has 0 saturated heterocycles. The standard InChI is InChI=1S/C9H9N3O/c1-6-3-2-4-7(10)8(6)9-12-11-5-13-9/h2-5H,10H2,1H3. The molecule has 0 saturated carbocycles. The summed E-state index contributed by atoms with van der Waals surface area (Å²) in [5.74, 6) is 0.468. The van der Waals surface area contributed by atoms with Crippen LogP contribution in [0.25, 0.3) is 11.5 Å². The Kier molecular flexibility index (Phi) is 1.73. The van der Waals surface area contributed by atoms with Crippen molar-refractivity contribution < 1.29 is 4.42 Å². The van der Waals surface area contributed by atoms with Crippen molar-refractivity contribution in [2.75, 3.05) is 5.73 Å². The zero-order chi connectivity index (χ0) is 9.26. The minimum Gasteiger partial charge on any atom is -0.423 e. The highest BCUT2D eigenvalue weighted by molar-refractivity contribution is 5.73. The predicted molar refractivity (Wildman–Crippen MR) is 48.9 cm³/mol. The van der Waals surface area contributed by atoms with E-state index in [2.05, 4.69) is 10.2 Å². The Hall–Kier alpha value is -1.84. The maximum absolute atomic E-state index is 5.78. The van der Waals surface area contributed by atoms with E-state index >= 15 is 0 Å². The van der Waals surface area contributed by atoms with Crippen LogP contribution in [0.4, 0.5) is 5.69 Å². The first-order valence-electron chi connectivity index (χ1n) is 3.90. The van der Waals surface area contributed by atoms with Crippen LogP contribution in [0.2, 0.25) is 0 Å². The Morgan fingerprint density at radius 1 is 1.38 bits per heavy atom. The SMILES string of the molecule is Cc1cccc(N)c1-c1nnco1. The summed E-state index contributed by atoms with van der Waals surface area (Å²) < 4.78 is 5.08. The van der Waals surface area contributed by atoms with Crippen molar-refractivity contribution in [2.45, 2.75) is 6.92 Å². The van der Waals surface area contributed by atoms with Crippen LogP contribution in [0.1, 0.15) is 5.56 Å². The summed E-state index contributed by atoms with van der Waals surface area (Å²) in [6.45, 7) is 1.95. The molecule has 2 N–H and O–H groups in total. The summed E-state index contributed by atoms with van der Waals surface area (Å²) in [4.78, 5) is 0.